The van der Waals surface area contributed by atoms with E-state index in [2.05, 4.69) is 10.3 Å². The summed E-state index contributed by atoms with van der Waals surface area (Å²) in [4.78, 5) is 19.1. The van der Waals surface area contributed by atoms with Crippen LogP contribution in [0.5, 0.6) is 11.5 Å². The van der Waals surface area contributed by atoms with E-state index in [4.69, 9.17) is 20.6 Å². The van der Waals surface area contributed by atoms with Crippen LogP contribution in [0.3, 0.4) is 0 Å². The fourth-order valence-corrected chi connectivity index (χ4v) is 4.75. The molecule has 1 aromatic heterocycles. The lowest BCUT2D eigenvalue weighted by Crippen LogP contribution is -2.55. The lowest BCUT2D eigenvalue weighted by Gasteiger charge is -2.43. The molecule has 0 bridgehead atoms. The summed E-state index contributed by atoms with van der Waals surface area (Å²) in [5.74, 6) is 1.10. The predicted molar refractivity (Wildman–Crippen MR) is 140 cm³/mol. The van der Waals surface area contributed by atoms with E-state index in [1.165, 1.54) is 12.1 Å². The maximum atomic E-state index is 13.1. The summed E-state index contributed by atoms with van der Waals surface area (Å²) < 4.78 is 24.2. The summed E-state index contributed by atoms with van der Waals surface area (Å²) in [7, 11) is 0. The Hall–Kier alpha value is -3.98. The van der Waals surface area contributed by atoms with E-state index >= 15 is 0 Å². The van der Waals surface area contributed by atoms with Crippen LogP contribution in [0.1, 0.15) is 25.3 Å². The fourth-order valence-electron chi connectivity index (χ4n) is 4.75. The van der Waals surface area contributed by atoms with Crippen molar-refractivity contribution in [2.75, 3.05) is 37.4 Å². The molecule has 0 aliphatic carbocycles. The molecule has 5 rings (SSSR count). The van der Waals surface area contributed by atoms with E-state index in [1.807, 2.05) is 24.0 Å². The summed E-state index contributed by atoms with van der Waals surface area (Å²) in [6.45, 7) is 4.05. The van der Waals surface area contributed by atoms with Gasteiger partial charge in [-0.15, -0.1) is 0 Å². The van der Waals surface area contributed by atoms with Gasteiger partial charge in [-0.05, 0) is 74.4 Å². The number of nitrogens with zero attached hydrogens (tertiary/aromatic N) is 2. The van der Waals surface area contributed by atoms with Crippen LogP contribution < -0.4 is 15.8 Å². The largest absolute Gasteiger partial charge is 0.457 e. The van der Waals surface area contributed by atoms with Gasteiger partial charge in [0.2, 0.25) is 5.91 Å². The number of likely N-dealkylation sites (tertiary alicyclic amines) is 1. The molecule has 1 amide bonds. The molecule has 0 spiro atoms. The van der Waals surface area contributed by atoms with Crippen molar-refractivity contribution in [2.24, 2.45) is 11.3 Å². The van der Waals surface area contributed by atoms with Crippen molar-refractivity contribution in [1.82, 2.24) is 9.88 Å². The number of rotatable bonds is 7. The van der Waals surface area contributed by atoms with Crippen LogP contribution in [-0.2, 0) is 9.53 Å². The Morgan fingerprint density at radius 3 is 2.49 bits per heavy atom. The van der Waals surface area contributed by atoms with E-state index in [9.17, 15) is 9.18 Å². The highest BCUT2D eigenvalue weighted by Gasteiger charge is 2.44. The first-order valence-electron chi connectivity index (χ1n) is 12.3. The number of nitrogens with two attached hydrogens (primary N) is 1. The average molecular weight is 504 g/mol. The third-order valence-corrected chi connectivity index (χ3v) is 6.92. The zero-order valence-electron chi connectivity index (χ0n) is 20.7. The number of hydrogen-bond acceptors (Lipinski definition) is 7. The predicted octanol–water partition coefficient (Wildman–Crippen LogP) is 4.98. The zero-order chi connectivity index (χ0) is 26.0. The van der Waals surface area contributed by atoms with Crippen molar-refractivity contribution in [3.8, 4) is 11.5 Å². The molecule has 37 heavy (non-hydrogen) atoms. The molecule has 2 fully saturated rings. The number of nitrogen functional groups attached to an aromatic ring is 1. The normalized spacial score (nSPS) is 18.5. The van der Waals surface area contributed by atoms with Gasteiger partial charge in [0.05, 0.1) is 24.3 Å². The Kier molecular flexibility index (Phi) is 6.80. The molecule has 3 aromatic rings. The molecule has 3 heterocycles. The van der Waals surface area contributed by atoms with Crippen LogP contribution in [0.15, 0.2) is 60.8 Å². The van der Waals surface area contributed by atoms with E-state index in [1.54, 1.807) is 36.5 Å². The number of carbonyl (C=O) groups is 1. The molecular formula is C28H30FN5O3. The van der Waals surface area contributed by atoms with Gasteiger partial charge in [0.15, 0.2) is 0 Å². The number of benzene rings is 2. The lowest BCUT2D eigenvalue weighted by atomic mass is 9.84. The molecule has 1 atom stereocenters. The minimum atomic E-state index is -0.454. The molecule has 0 radical (unpaired) electrons. The molecule has 192 valence electrons. The van der Waals surface area contributed by atoms with Crippen LogP contribution in [0, 0.1) is 22.6 Å². The first kappa shape index (κ1) is 24.7. The first-order chi connectivity index (χ1) is 17.8. The summed E-state index contributed by atoms with van der Waals surface area (Å²) in [5, 5.41) is 12.3. The van der Waals surface area contributed by atoms with Crippen molar-refractivity contribution in [3.05, 3.63) is 72.2 Å². The second-order valence-electron chi connectivity index (χ2n) is 9.88. The summed E-state index contributed by atoms with van der Waals surface area (Å²) >= 11 is 0. The van der Waals surface area contributed by atoms with Gasteiger partial charge in [-0.2, -0.15) is 0 Å². The van der Waals surface area contributed by atoms with Gasteiger partial charge >= 0.3 is 0 Å². The van der Waals surface area contributed by atoms with Crippen molar-refractivity contribution in [1.29, 1.82) is 5.41 Å². The topological polar surface area (TPSA) is 114 Å². The molecule has 2 aliphatic rings. The van der Waals surface area contributed by atoms with E-state index in [0.29, 0.717) is 54.8 Å². The SMILES string of the molecule is CC1(C(=O)N2CCCC(C(=N)c3ccnc(N)c3Nc3ccc(Oc4ccc(F)cc4)cc3)C2)COC1. The molecular weight excluding hydrogens is 473 g/mol. The van der Waals surface area contributed by atoms with Crippen molar-refractivity contribution >= 4 is 28.8 Å². The molecule has 2 aromatic carbocycles. The quantitative estimate of drug-likeness (QED) is 0.392. The van der Waals surface area contributed by atoms with Crippen LogP contribution in [0.2, 0.25) is 0 Å². The second-order valence-corrected chi connectivity index (χ2v) is 9.88. The maximum absolute atomic E-state index is 13.1. The van der Waals surface area contributed by atoms with Gasteiger partial charge in [0.25, 0.3) is 0 Å². The minimum absolute atomic E-state index is 0.101. The molecule has 2 aliphatic heterocycles. The van der Waals surface area contributed by atoms with Gasteiger partial charge in [-0.25, -0.2) is 9.37 Å². The van der Waals surface area contributed by atoms with Gasteiger partial charge in [-0.1, -0.05) is 0 Å². The second kappa shape index (κ2) is 10.2. The van der Waals surface area contributed by atoms with E-state index < -0.39 is 5.41 Å². The maximum Gasteiger partial charge on any atom is 0.233 e. The van der Waals surface area contributed by atoms with Crippen LogP contribution in [-0.4, -0.2) is 47.8 Å². The molecule has 9 heteroatoms. The summed E-state index contributed by atoms with van der Waals surface area (Å²) in [5.41, 5.74) is 8.18. The van der Waals surface area contributed by atoms with Gasteiger partial charge in [-0.3, -0.25) is 4.79 Å². The highest BCUT2D eigenvalue weighted by atomic mass is 19.1. The Bertz CT molecular complexity index is 1290. The number of piperidine rings is 1. The van der Waals surface area contributed by atoms with E-state index in [-0.39, 0.29) is 23.5 Å². The van der Waals surface area contributed by atoms with Crippen molar-refractivity contribution in [3.63, 3.8) is 0 Å². The number of pyridine rings is 1. The zero-order valence-corrected chi connectivity index (χ0v) is 20.7. The van der Waals surface area contributed by atoms with Crippen molar-refractivity contribution < 1.29 is 18.7 Å². The molecule has 2 saturated heterocycles. The lowest BCUT2D eigenvalue weighted by molar-refractivity contribution is -0.170. The number of carbonyl (C=O) groups excluding carboxylic acids is 1. The van der Waals surface area contributed by atoms with Gasteiger partial charge in [0.1, 0.15) is 23.1 Å². The average Bonchev–Trinajstić information content (AvgIpc) is 2.90. The van der Waals surface area contributed by atoms with Crippen molar-refractivity contribution in [2.45, 2.75) is 19.8 Å². The molecule has 4 N–H and O–H groups in total. The minimum Gasteiger partial charge on any atom is -0.457 e. The van der Waals surface area contributed by atoms with Crippen LogP contribution >= 0.6 is 0 Å². The number of amides is 1. The highest BCUT2D eigenvalue weighted by Crippen LogP contribution is 2.34. The smallest absolute Gasteiger partial charge is 0.233 e. The number of aromatic nitrogens is 1. The molecule has 0 saturated carbocycles. The third-order valence-electron chi connectivity index (χ3n) is 6.92. The Morgan fingerprint density at radius 2 is 1.84 bits per heavy atom. The number of ether oxygens (including phenoxy) is 2. The number of hydrogen-bond donors (Lipinski definition) is 3. The number of nitrogens with one attached hydrogen (secondary N) is 2. The number of anilines is 3. The monoisotopic (exact) mass is 503 g/mol. The summed E-state index contributed by atoms with van der Waals surface area (Å²) in [6, 6.07) is 14.9. The molecule has 1 unspecified atom stereocenters. The standard InChI is InChI=1S/C28H30FN5O3/c1-28(16-36-17-28)27(35)34-14-2-3-18(15-34)24(30)23-12-13-32-26(31)25(23)33-20-6-10-22(11-7-20)37-21-8-4-19(29)5-9-21/h4-13,18,30,33H,2-3,14-17H2,1H3,(H2,31,32). The molecule has 8 nitrogen and oxygen atoms in total. The third kappa shape index (κ3) is 5.27. The Morgan fingerprint density at radius 1 is 1.16 bits per heavy atom. The Labute approximate surface area is 215 Å². The van der Waals surface area contributed by atoms with Gasteiger partial charge in [0, 0.05) is 42.2 Å². The Balaban J connectivity index is 1.30. The first-order valence-corrected chi connectivity index (χ1v) is 12.3. The van der Waals surface area contributed by atoms with Gasteiger partial charge < -0.3 is 30.8 Å². The number of halogens is 1. The van der Waals surface area contributed by atoms with Crippen LogP contribution in [0.25, 0.3) is 0 Å². The van der Waals surface area contributed by atoms with Crippen LogP contribution in [0.4, 0.5) is 21.6 Å². The highest BCUT2D eigenvalue weighted by molar-refractivity contribution is 6.07. The summed E-state index contributed by atoms with van der Waals surface area (Å²) in [6.07, 6.45) is 3.27. The fraction of sp³-hybridized carbons (Fsp3) is 0.321. The van der Waals surface area contributed by atoms with E-state index in [0.717, 1.165) is 18.5 Å².